The maximum Gasteiger partial charge on any atom is 0.255 e. The minimum absolute atomic E-state index is 0.0574. The molecule has 6 fully saturated rings. The van der Waals surface area contributed by atoms with Crippen molar-refractivity contribution in [3.63, 3.8) is 0 Å². The molecule has 6 aliphatic rings. The van der Waals surface area contributed by atoms with Crippen LogP contribution in [0.3, 0.4) is 0 Å². The van der Waals surface area contributed by atoms with Crippen LogP contribution in [-0.4, -0.2) is 95.2 Å². The number of rotatable bonds is 4. The Morgan fingerprint density at radius 3 is 2.42 bits per heavy atom. The highest BCUT2D eigenvalue weighted by atomic mass is 16.5. The molecule has 0 aromatic heterocycles. The number of ether oxygens (including phenoxy) is 3. The summed E-state index contributed by atoms with van der Waals surface area (Å²) in [6.45, 7) is 2.39. The normalized spacial score (nSPS) is 61.1. The van der Waals surface area contributed by atoms with E-state index in [1.807, 2.05) is 6.92 Å². The number of piperidine rings is 1. The summed E-state index contributed by atoms with van der Waals surface area (Å²) in [7, 11) is 4.95. The Balaban J connectivity index is 1.65. The Labute approximate surface area is 182 Å². The van der Waals surface area contributed by atoms with Crippen LogP contribution in [0.2, 0.25) is 0 Å². The van der Waals surface area contributed by atoms with Gasteiger partial charge in [0.05, 0.1) is 18.3 Å². The van der Waals surface area contributed by atoms with Gasteiger partial charge in [-0.15, -0.1) is 0 Å². The lowest BCUT2D eigenvalue weighted by Crippen LogP contribution is -2.83. The molecule has 3 unspecified atom stereocenters. The lowest BCUT2D eigenvalue weighted by Gasteiger charge is -2.69. The van der Waals surface area contributed by atoms with Crippen LogP contribution < -0.4 is 0 Å². The van der Waals surface area contributed by atoms with Gasteiger partial charge in [0.15, 0.2) is 0 Å². The Hall–Kier alpha value is -0.770. The largest absolute Gasteiger partial charge is 0.386 e. The standard InChI is InChI=1S/C23H35NO7/c1-5-24-17-12-9-14-20(26,19(24)25)7-6-16(30-3)22(14,17)15-8-11-13(29-2)10-21(12,27)23(15,28)18(11)31-4/h11-18,26-28H,5-10H2,1-4H3/t11-,12-,13-,14?,15?,16-,17?,18-,20-,21-,22+,23+/m1/s1. The van der Waals surface area contributed by atoms with E-state index in [9.17, 15) is 20.1 Å². The zero-order valence-corrected chi connectivity index (χ0v) is 18.8. The molecule has 3 N–H and O–H groups in total. The molecule has 1 spiro atoms. The van der Waals surface area contributed by atoms with E-state index in [0.29, 0.717) is 38.6 Å². The summed E-state index contributed by atoms with van der Waals surface area (Å²) in [6.07, 6.45) is 1.36. The van der Waals surface area contributed by atoms with Gasteiger partial charge in [-0.05, 0) is 32.6 Å². The van der Waals surface area contributed by atoms with Crippen LogP contribution in [0.1, 0.15) is 39.0 Å². The van der Waals surface area contributed by atoms with Crippen LogP contribution in [0.4, 0.5) is 0 Å². The lowest BCUT2D eigenvalue weighted by molar-refractivity contribution is -0.331. The second kappa shape index (κ2) is 6.02. The van der Waals surface area contributed by atoms with Crippen molar-refractivity contribution in [1.29, 1.82) is 0 Å². The van der Waals surface area contributed by atoms with Crippen molar-refractivity contribution in [2.75, 3.05) is 27.9 Å². The van der Waals surface area contributed by atoms with Gasteiger partial charge in [-0.25, -0.2) is 0 Å². The van der Waals surface area contributed by atoms with Gasteiger partial charge in [0.2, 0.25) is 0 Å². The van der Waals surface area contributed by atoms with Crippen LogP contribution in [-0.2, 0) is 19.0 Å². The van der Waals surface area contributed by atoms with E-state index in [2.05, 4.69) is 0 Å². The molecular formula is C23H35NO7. The fourth-order valence-corrected chi connectivity index (χ4v) is 10.1. The maximum atomic E-state index is 13.5. The Kier molecular flexibility index (Phi) is 4.04. The maximum absolute atomic E-state index is 13.5. The topological polar surface area (TPSA) is 109 Å². The molecule has 8 heteroatoms. The quantitative estimate of drug-likeness (QED) is 0.565. The first kappa shape index (κ1) is 20.8. The van der Waals surface area contributed by atoms with Crippen molar-refractivity contribution >= 4 is 5.91 Å². The first-order valence-corrected chi connectivity index (χ1v) is 11.8. The Morgan fingerprint density at radius 1 is 1.06 bits per heavy atom. The first-order valence-electron chi connectivity index (χ1n) is 11.8. The minimum atomic E-state index is -1.47. The monoisotopic (exact) mass is 437 g/mol. The molecule has 0 radical (unpaired) electrons. The van der Waals surface area contributed by atoms with Crippen LogP contribution >= 0.6 is 0 Å². The molecule has 7 bridgehead atoms. The van der Waals surface area contributed by atoms with Crippen molar-refractivity contribution in [3.8, 4) is 0 Å². The fraction of sp³-hybridized carbons (Fsp3) is 0.957. The van der Waals surface area contributed by atoms with E-state index in [-0.39, 0.29) is 47.8 Å². The van der Waals surface area contributed by atoms with Gasteiger partial charge in [0, 0.05) is 69.4 Å². The van der Waals surface area contributed by atoms with Crippen molar-refractivity contribution in [2.45, 2.75) is 80.2 Å². The number of hydrogen-bond acceptors (Lipinski definition) is 7. The molecule has 1 heterocycles. The second-order valence-corrected chi connectivity index (χ2v) is 11.0. The van der Waals surface area contributed by atoms with Gasteiger partial charge < -0.3 is 34.4 Å². The first-order chi connectivity index (χ1) is 14.7. The number of likely N-dealkylation sites (N-methyl/N-ethyl adjacent to an activating group) is 1. The molecule has 1 aliphatic heterocycles. The van der Waals surface area contributed by atoms with Gasteiger partial charge in [-0.2, -0.15) is 0 Å². The minimum Gasteiger partial charge on any atom is -0.386 e. The number of amides is 1. The highest BCUT2D eigenvalue weighted by Crippen LogP contribution is 2.79. The number of methoxy groups -OCH3 is 3. The van der Waals surface area contributed by atoms with E-state index in [0.717, 1.165) is 0 Å². The van der Waals surface area contributed by atoms with Crippen LogP contribution in [0.25, 0.3) is 0 Å². The number of aliphatic hydroxyl groups is 3. The Morgan fingerprint density at radius 2 is 1.81 bits per heavy atom. The highest BCUT2D eigenvalue weighted by molar-refractivity contribution is 5.88. The molecule has 1 amide bonds. The van der Waals surface area contributed by atoms with Gasteiger partial charge in [0.1, 0.15) is 16.8 Å². The fourth-order valence-electron chi connectivity index (χ4n) is 10.1. The molecule has 0 aromatic carbocycles. The molecular weight excluding hydrogens is 402 g/mol. The third-order valence-electron chi connectivity index (χ3n) is 10.8. The number of carbonyl (C=O) groups is 1. The van der Waals surface area contributed by atoms with Gasteiger partial charge >= 0.3 is 0 Å². The predicted molar refractivity (Wildman–Crippen MR) is 108 cm³/mol. The number of carbonyl (C=O) groups excluding carboxylic acids is 1. The highest BCUT2D eigenvalue weighted by Gasteiger charge is 2.89. The number of nitrogens with zero attached hydrogens (tertiary/aromatic N) is 1. The second-order valence-electron chi connectivity index (χ2n) is 11.0. The van der Waals surface area contributed by atoms with E-state index in [1.165, 1.54) is 0 Å². The molecule has 31 heavy (non-hydrogen) atoms. The van der Waals surface area contributed by atoms with Crippen LogP contribution in [0.5, 0.6) is 0 Å². The molecule has 0 aromatic rings. The molecule has 8 nitrogen and oxygen atoms in total. The Bertz CT molecular complexity index is 824. The summed E-state index contributed by atoms with van der Waals surface area (Å²) < 4.78 is 17.8. The zero-order chi connectivity index (χ0) is 22.1. The summed E-state index contributed by atoms with van der Waals surface area (Å²) >= 11 is 0. The van der Waals surface area contributed by atoms with E-state index in [4.69, 9.17) is 14.2 Å². The smallest absolute Gasteiger partial charge is 0.255 e. The number of hydrogen-bond donors (Lipinski definition) is 3. The van der Waals surface area contributed by atoms with Gasteiger partial charge in [-0.1, -0.05) is 0 Å². The number of fused-ring (bicyclic) bond motifs is 2. The van der Waals surface area contributed by atoms with Gasteiger partial charge in [0.25, 0.3) is 5.91 Å². The van der Waals surface area contributed by atoms with E-state index < -0.39 is 28.3 Å². The molecule has 12 atom stereocenters. The SMILES string of the molecule is CCN1C(=O)[C@@]2(O)CC[C@@H](OC)[C@]34C1[C@@H](CC32)[C@]1(O)C[C@@H](OC)[C@H]2CC4[C@]1(O)[C@@H]2OC. The van der Waals surface area contributed by atoms with Crippen molar-refractivity contribution in [1.82, 2.24) is 4.90 Å². The van der Waals surface area contributed by atoms with Crippen molar-refractivity contribution < 1.29 is 34.3 Å². The van der Waals surface area contributed by atoms with Crippen LogP contribution in [0.15, 0.2) is 0 Å². The molecule has 5 aliphatic carbocycles. The number of likely N-dealkylation sites (tertiary alicyclic amines) is 1. The molecule has 174 valence electrons. The van der Waals surface area contributed by atoms with Crippen molar-refractivity contribution in [3.05, 3.63) is 0 Å². The van der Waals surface area contributed by atoms with E-state index in [1.54, 1.807) is 26.2 Å². The summed E-state index contributed by atoms with van der Waals surface area (Å²) in [5, 5.41) is 36.6. The molecule has 6 rings (SSSR count). The molecule has 5 saturated carbocycles. The van der Waals surface area contributed by atoms with Crippen molar-refractivity contribution in [2.24, 2.45) is 29.1 Å². The zero-order valence-electron chi connectivity index (χ0n) is 18.8. The van der Waals surface area contributed by atoms with Gasteiger partial charge in [-0.3, -0.25) is 4.79 Å². The average molecular weight is 438 g/mol. The third-order valence-corrected chi connectivity index (χ3v) is 10.8. The summed E-state index contributed by atoms with van der Waals surface area (Å²) in [6, 6.07) is -0.275. The average Bonchev–Trinajstić information content (AvgIpc) is 3.20. The summed E-state index contributed by atoms with van der Waals surface area (Å²) in [5.74, 6) is -1.34. The summed E-state index contributed by atoms with van der Waals surface area (Å²) in [4.78, 5) is 15.3. The van der Waals surface area contributed by atoms with Crippen LogP contribution in [0, 0.1) is 29.1 Å². The molecule has 1 saturated heterocycles. The lowest BCUT2D eigenvalue weighted by atomic mass is 9.43. The third kappa shape index (κ3) is 1.82. The summed E-state index contributed by atoms with van der Waals surface area (Å²) in [5.41, 5.74) is -5.02. The predicted octanol–water partition coefficient (Wildman–Crippen LogP) is -0.0749. The van der Waals surface area contributed by atoms with E-state index >= 15 is 0 Å².